The summed E-state index contributed by atoms with van der Waals surface area (Å²) in [5.74, 6) is 0. The average Bonchev–Trinajstić information content (AvgIpc) is 2.06. The predicted octanol–water partition coefficient (Wildman–Crippen LogP) is 0.911. The van der Waals surface area contributed by atoms with Crippen LogP contribution in [0.25, 0.3) is 0 Å². The van der Waals surface area contributed by atoms with Gasteiger partial charge < -0.3 is 5.11 Å². The maximum absolute atomic E-state index is 9.08. The number of aliphatic hydroxyl groups excluding tert-OH is 1. The number of likely N-dealkylation sites (tertiary alicyclic amines) is 1. The Morgan fingerprint density at radius 3 is 3.00 bits per heavy atom. The molecule has 13 heavy (non-hydrogen) atoms. The third kappa shape index (κ3) is 1.99. The predicted molar refractivity (Wildman–Crippen MR) is 50.5 cm³/mol. The summed E-state index contributed by atoms with van der Waals surface area (Å²) in [5.41, 5.74) is 1.02. The largest absolute Gasteiger partial charge is 0.390 e. The van der Waals surface area contributed by atoms with Gasteiger partial charge in [-0.2, -0.15) is 0 Å². The van der Waals surface area contributed by atoms with Gasteiger partial charge in [0, 0.05) is 31.4 Å². The fourth-order valence-corrected chi connectivity index (χ4v) is 1.63. The Balaban J connectivity index is 1.98. The summed E-state index contributed by atoms with van der Waals surface area (Å²) in [4.78, 5) is 6.12. The van der Waals surface area contributed by atoms with Gasteiger partial charge in [0.2, 0.25) is 0 Å². The van der Waals surface area contributed by atoms with E-state index in [1.165, 1.54) is 0 Å². The van der Waals surface area contributed by atoms with Gasteiger partial charge in [-0.1, -0.05) is 17.7 Å². The molecule has 0 radical (unpaired) electrons. The second-order valence-corrected chi connectivity index (χ2v) is 3.66. The Morgan fingerprint density at radius 1 is 1.62 bits per heavy atom. The minimum absolute atomic E-state index is 0.157. The van der Waals surface area contributed by atoms with Crippen molar-refractivity contribution in [2.75, 3.05) is 13.1 Å². The van der Waals surface area contributed by atoms with E-state index in [4.69, 9.17) is 16.7 Å². The van der Waals surface area contributed by atoms with E-state index in [-0.39, 0.29) is 6.10 Å². The van der Waals surface area contributed by atoms with E-state index < -0.39 is 0 Å². The molecule has 4 heteroatoms. The Bertz CT molecular complexity index is 299. The molecule has 1 aliphatic heterocycles. The molecule has 2 rings (SSSR count). The van der Waals surface area contributed by atoms with Gasteiger partial charge in [0.1, 0.15) is 5.15 Å². The number of hydrogen-bond donors (Lipinski definition) is 1. The molecule has 70 valence electrons. The van der Waals surface area contributed by atoms with E-state index in [1.54, 1.807) is 6.20 Å². The van der Waals surface area contributed by atoms with Gasteiger partial charge in [-0.3, -0.25) is 4.90 Å². The van der Waals surface area contributed by atoms with E-state index >= 15 is 0 Å². The zero-order valence-electron chi connectivity index (χ0n) is 7.15. The molecule has 0 atom stereocenters. The highest BCUT2D eigenvalue weighted by molar-refractivity contribution is 6.30. The van der Waals surface area contributed by atoms with Gasteiger partial charge >= 0.3 is 0 Å². The number of aliphatic hydroxyl groups is 1. The zero-order valence-corrected chi connectivity index (χ0v) is 7.91. The van der Waals surface area contributed by atoms with Crippen molar-refractivity contribution in [1.82, 2.24) is 9.88 Å². The Kier molecular flexibility index (Phi) is 2.49. The Hall–Kier alpha value is -0.640. The van der Waals surface area contributed by atoms with E-state index in [0.717, 1.165) is 25.2 Å². The lowest BCUT2D eigenvalue weighted by atomic mass is 10.1. The van der Waals surface area contributed by atoms with E-state index in [9.17, 15) is 0 Å². The fraction of sp³-hybridized carbons (Fsp3) is 0.444. The number of pyridine rings is 1. The molecule has 3 nitrogen and oxygen atoms in total. The number of halogens is 1. The molecule has 1 saturated heterocycles. The maximum atomic E-state index is 9.08. The summed E-state index contributed by atoms with van der Waals surface area (Å²) in [5, 5.41) is 9.63. The molecule has 1 aliphatic rings. The monoisotopic (exact) mass is 198 g/mol. The first-order chi connectivity index (χ1) is 6.25. The molecule has 0 saturated carbocycles. The van der Waals surface area contributed by atoms with Crippen LogP contribution >= 0.6 is 11.6 Å². The number of rotatable bonds is 2. The number of hydrogen-bond acceptors (Lipinski definition) is 3. The quantitative estimate of drug-likeness (QED) is 0.718. The Morgan fingerprint density at radius 2 is 2.38 bits per heavy atom. The van der Waals surface area contributed by atoms with Gasteiger partial charge in [-0.05, 0) is 6.07 Å². The van der Waals surface area contributed by atoms with Crippen molar-refractivity contribution in [3.63, 3.8) is 0 Å². The van der Waals surface area contributed by atoms with Gasteiger partial charge in [0.05, 0.1) is 6.10 Å². The lowest BCUT2D eigenvalue weighted by molar-refractivity contribution is -0.00290. The number of β-amino-alcohol motifs (C(OH)–C–C–N with tert-alkyl or cyclic N) is 1. The van der Waals surface area contributed by atoms with Crippen LogP contribution in [0.3, 0.4) is 0 Å². The molecule has 1 aromatic heterocycles. The fourth-order valence-electron chi connectivity index (χ4n) is 1.45. The third-order valence-corrected chi connectivity index (χ3v) is 2.51. The molecule has 0 bridgehead atoms. The molecule has 0 unspecified atom stereocenters. The SMILES string of the molecule is OC1CN(Cc2cccnc2Cl)C1. The second kappa shape index (κ2) is 3.62. The van der Waals surface area contributed by atoms with Crippen LogP contribution in [0.2, 0.25) is 5.15 Å². The molecule has 0 aliphatic carbocycles. The van der Waals surface area contributed by atoms with Gasteiger partial charge in [0.15, 0.2) is 0 Å². The topological polar surface area (TPSA) is 36.4 Å². The van der Waals surface area contributed by atoms with E-state index in [2.05, 4.69) is 9.88 Å². The first kappa shape index (κ1) is 8.94. The standard InChI is InChI=1S/C9H11ClN2O/c10-9-7(2-1-3-11-9)4-12-5-8(13)6-12/h1-3,8,13H,4-6H2. The number of nitrogens with zero attached hydrogens (tertiary/aromatic N) is 2. The molecule has 1 N–H and O–H groups in total. The highest BCUT2D eigenvalue weighted by Gasteiger charge is 2.24. The van der Waals surface area contributed by atoms with Crippen molar-refractivity contribution >= 4 is 11.6 Å². The molecule has 1 fully saturated rings. The highest BCUT2D eigenvalue weighted by Crippen LogP contribution is 2.17. The summed E-state index contributed by atoms with van der Waals surface area (Å²) in [6.07, 6.45) is 1.52. The first-order valence-corrected chi connectivity index (χ1v) is 4.63. The molecular formula is C9H11ClN2O. The molecule has 2 heterocycles. The van der Waals surface area contributed by atoms with Crippen LogP contribution in [0.15, 0.2) is 18.3 Å². The van der Waals surface area contributed by atoms with Crippen molar-refractivity contribution in [1.29, 1.82) is 0 Å². The van der Waals surface area contributed by atoms with Crippen molar-refractivity contribution in [2.24, 2.45) is 0 Å². The average molecular weight is 199 g/mol. The summed E-state index contributed by atoms with van der Waals surface area (Å²) >= 11 is 5.89. The summed E-state index contributed by atoms with van der Waals surface area (Å²) < 4.78 is 0. The van der Waals surface area contributed by atoms with Gasteiger partial charge in [0.25, 0.3) is 0 Å². The lowest BCUT2D eigenvalue weighted by Gasteiger charge is -2.35. The van der Waals surface area contributed by atoms with Crippen LogP contribution in [-0.2, 0) is 6.54 Å². The van der Waals surface area contributed by atoms with Crippen LogP contribution in [-0.4, -0.2) is 34.2 Å². The normalized spacial score (nSPS) is 18.6. The van der Waals surface area contributed by atoms with Crippen LogP contribution < -0.4 is 0 Å². The Labute approximate surface area is 82.0 Å². The van der Waals surface area contributed by atoms with Crippen LogP contribution in [0, 0.1) is 0 Å². The van der Waals surface area contributed by atoms with Crippen molar-refractivity contribution in [3.05, 3.63) is 29.0 Å². The second-order valence-electron chi connectivity index (χ2n) is 3.30. The summed E-state index contributed by atoms with van der Waals surface area (Å²) in [6.45, 7) is 2.26. The maximum Gasteiger partial charge on any atom is 0.133 e. The first-order valence-electron chi connectivity index (χ1n) is 4.25. The van der Waals surface area contributed by atoms with Crippen molar-refractivity contribution < 1.29 is 5.11 Å². The lowest BCUT2D eigenvalue weighted by Crippen LogP contribution is -2.49. The van der Waals surface area contributed by atoms with E-state index in [0.29, 0.717) is 5.15 Å². The van der Waals surface area contributed by atoms with Crippen LogP contribution in [0.1, 0.15) is 5.56 Å². The molecule has 0 amide bonds. The highest BCUT2D eigenvalue weighted by atomic mass is 35.5. The molecular weight excluding hydrogens is 188 g/mol. The smallest absolute Gasteiger partial charge is 0.133 e. The van der Waals surface area contributed by atoms with Gasteiger partial charge in [-0.25, -0.2) is 4.98 Å². The minimum atomic E-state index is -0.157. The van der Waals surface area contributed by atoms with E-state index in [1.807, 2.05) is 12.1 Å². The van der Waals surface area contributed by atoms with Crippen LogP contribution in [0.5, 0.6) is 0 Å². The zero-order chi connectivity index (χ0) is 9.26. The third-order valence-electron chi connectivity index (χ3n) is 2.17. The van der Waals surface area contributed by atoms with Crippen LogP contribution in [0.4, 0.5) is 0 Å². The number of aromatic nitrogens is 1. The van der Waals surface area contributed by atoms with Crippen molar-refractivity contribution in [3.8, 4) is 0 Å². The van der Waals surface area contributed by atoms with Crippen molar-refractivity contribution in [2.45, 2.75) is 12.6 Å². The summed E-state index contributed by atoms with van der Waals surface area (Å²) in [7, 11) is 0. The minimum Gasteiger partial charge on any atom is -0.390 e. The van der Waals surface area contributed by atoms with Gasteiger partial charge in [-0.15, -0.1) is 0 Å². The molecule has 0 aromatic carbocycles. The summed E-state index contributed by atoms with van der Waals surface area (Å²) in [6, 6.07) is 3.83. The molecule has 0 spiro atoms. The molecule has 1 aromatic rings.